The zero-order valence-corrected chi connectivity index (χ0v) is 17.4. The standard InChI is InChI=1S/C22H18N6O2S/c1-2-30-22(29)14-12-24-20-17(21-26-15-10-6-7-11-16(15)31-21)19(27-28(20)18(14)23)25-13-8-4-3-5-9-13/h3-12H,2,23H2,1H3,(H,25,27). The Bertz CT molecular complexity index is 1380. The van der Waals surface area contributed by atoms with E-state index in [1.807, 2.05) is 54.6 Å². The number of nitrogen functional groups attached to an aromatic ring is 1. The number of esters is 1. The first kappa shape index (κ1) is 19.0. The van der Waals surface area contributed by atoms with E-state index in [4.69, 9.17) is 15.5 Å². The van der Waals surface area contributed by atoms with Crippen LogP contribution in [0.2, 0.25) is 0 Å². The third kappa shape index (κ3) is 3.34. The van der Waals surface area contributed by atoms with Crippen LogP contribution in [0.4, 0.5) is 17.3 Å². The topological polar surface area (TPSA) is 107 Å². The second-order valence-electron chi connectivity index (χ2n) is 6.71. The molecule has 0 atom stereocenters. The molecule has 0 fully saturated rings. The Balaban J connectivity index is 1.73. The molecule has 0 aliphatic heterocycles. The highest BCUT2D eigenvalue weighted by molar-refractivity contribution is 7.21. The Labute approximate surface area is 181 Å². The molecule has 5 rings (SSSR count). The molecular weight excluding hydrogens is 412 g/mol. The average Bonchev–Trinajstić information content (AvgIpc) is 3.36. The van der Waals surface area contributed by atoms with Gasteiger partial charge in [0.15, 0.2) is 11.5 Å². The van der Waals surface area contributed by atoms with Gasteiger partial charge in [0, 0.05) is 11.9 Å². The molecule has 154 valence electrons. The van der Waals surface area contributed by atoms with Gasteiger partial charge < -0.3 is 15.8 Å². The number of nitrogens with one attached hydrogen (secondary N) is 1. The summed E-state index contributed by atoms with van der Waals surface area (Å²) in [5, 5.41) is 8.72. The van der Waals surface area contributed by atoms with Crippen LogP contribution < -0.4 is 11.1 Å². The van der Waals surface area contributed by atoms with E-state index in [2.05, 4.69) is 15.4 Å². The number of benzene rings is 2. The lowest BCUT2D eigenvalue weighted by molar-refractivity contribution is 0.0526. The molecule has 0 unspecified atom stereocenters. The zero-order chi connectivity index (χ0) is 21.4. The molecule has 3 heterocycles. The van der Waals surface area contributed by atoms with Crippen molar-refractivity contribution in [2.24, 2.45) is 0 Å². The Morgan fingerprint density at radius 1 is 1.16 bits per heavy atom. The molecular formula is C22H18N6O2S. The van der Waals surface area contributed by atoms with Gasteiger partial charge >= 0.3 is 5.97 Å². The summed E-state index contributed by atoms with van der Waals surface area (Å²) in [6.07, 6.45) is 1.42. The highest BCUT2D eigenvalue weighted by Crippen LogP contribution is 2.38. The number of nitrogens with two attached hydrogens (primary N) is 1. The lowest BCUT2D eigenvalue weighted by Crippen LogP contribution is -2.12. The van der Waals surface area contributed by atoms with Crippen LogP contribution in [0.5, 0.6) is 0 Å². The molecule has 0 saturated carbocycles. The Kier molecular flexibility index (Phi) is 4.72. The molecule has 31 heavy (non-hydrogen) atoms. The van der Waals surface area contributed by atoms with Crippen molar-refractivity contribution in [3.05, 3.63) is 66.4 Å². The van der Waals surface area contributed by atoms with Crippen LogP contribution in [0.3, 0.4) is 0 Å². The lowest BCUT2D eigenvalue weighted by atomic mass is 10.2. The first-order valence-electron chi connectivity index (χ1n) is 9.68. The van der Waals surface area contributed by atoms with E-state index in [9.17, 15) is 4.79 Å². The molecule has 0 aliphatic carbocycles. The monoisotopic (exact) mass is 430 g/mol. The lowest BCUT2D eigenvalue weighted by Gasteiger charge is -2.06. The summed E-state index contributed by atoms with van der Waals surface area (Å²) < 4.78 is 7.60. The van der Waals surface area contributed by atoms with Gasteiger partial charge in [-0.1, -0.05) is 30.3 Å². The van der Waals surface area contributed by atoms with Crippen LogP contribution in [0.15, 0.2) is 60.8 Å². The third-order valence-corrected chi connectivity index (χ3v) is 5.77. The van der Waals surface area contributed by atoms with Crippen LogP contribution in [0.25, 0.3) is 26.4 Å². The average molecular weight is 430 g/mol. The van der Waals surface area contributed by atoms with E-state index < -0.39 is 5.97 Å². The number of fused-ring (bicyclic) bond motifs is 2. The Morgan fingerprint density at radius 3 is 2.71 bits per heavy atom. The maximum absolute atomic E-state index is 12.3. The first-order valence-corrected chi connectivity index (χ1v) is 10.5. The van der Waals surface area contributed by atoms with Crippen molar-refractivity contribution in [1.29, 1.82) is 0 Å². The number of ether oxygens (including phenoxy) is 1. The number of carbonyl (C=O) groups is 1. The van der Waals surface area contributed by atoms with Crippen molar-refractivity contribution in [2.45, 2.75) is 6.92 Å². The number of hydrogen-bond donors (Lipinski definition) is 2. The minimum atomic E-state index is -0.538. The molecule has 3 N–H and O–H groups in total. The van der Waals surface area contributed by atoms with E-state index >= 15 is 0 Å². The summed E-state index contributed by atoms with van der Waals surface area (Å²) >= 11 is 1.54. The van der Waals surface area contributed by atoms with Gasteiger partial charge in [0.25, 0.3) is 0 Å². The van der Waals surface area contributed by atoms with E-state index in [0.29, 0.717) is 17.0 Å². The van der Waals surface area contributed by atoms with Crippen molar-refractivity contribution in [3.63, 3.8) is 0 Å². The van der Waals surface area contributed by atoms with Crippen molar-refractivity contribution in [1.82, 2.24) is 19.6 Å². The number of carbonyl (C=O) groups excluding carboxylic acids is 1. The molecule has 0 amide bonds. The van der Waals surface area contributed by atoms with Crippen LogP contribution >= 0.6 is 11.3 Å². The summed E-state index contributed by atoms with van der Waals surface area (Å²) in [5.74, 6) is 0.168. The minimum Gasteiger partial charge on any atom is -0.462 e. The number of anilines is 3. The summed E-state index contributed by atoms with van der Waals surface area (Å²) in [6, 6.07) is 17.6. The summed E-state index contributed by atoms with van der Waals surface area (Å²) in [7, 11) is 0. The number of nitrogens with zero attached hydrogens (tertiary/aromatic N) is 4. The molecule has 5 aromatic rings. The molecule has 0 saturated heterocycles. The fourth-order valence-electron chi connectivity index (χ4n) is 3.29. The van der Waals surface area contributed by atoms with E-state index in [1.165, 1.54) is 10.7 Å². The summed E-state index contributed by atoms with van der Waals surface area (Å²) in [4.78, 5) is 21.5. The fourth-order valence-corrected chi connectivity index (χ4v) is 4.30. The van der Waals surface area contributed by atoms with E-state index in [0.717, 1.165) is 20.9 Å². The van der Waals surface area contributed by atoms with E-state index in [1.54, 1.807) is 18.3 Å². The first-order chi connectivity index (χ1) is 15.2. The van der Waals surface area contributed by atoms with Crippen molar-refractivity contribution < 1.29 is 9.53 Å². The summed E-state index contributed by atoms with van der Waals surface area (Å²) in [6.45, 7) is 1.98. The molecule has 0 bridgehead atoms. The molecule has 0 spiro atoms. The van der Waals surface area contributed by atoms with Crippen LogP contribution in [0.1, 0.15) is 17.3 Å². The van der Waals surface area contributed by atoms with Crippen LogP contribution in [0, 0.1) is 0 Å². The number of hydrogen-bond acceptors (Lipinski definition) is 8. The third-order valence-electron chi connectivity index (χ3n) is 4.72. The van der Waals surface area contributed by atoms with Crippen molar-refractivity contribution in [3.8, 4) is 10.6 Å². The van der Waals surface area contributed by atoms with Gasteiger partial charge in [-0.25, -0.2) is 14.8 Å². The van der Waals surface area contributed by atoms with Gasteiger partial charge in [-0.05, 0) is 31.2 Å². The highest BCUT2D eigenvalue weighted by atomic mass is 32.1. The number of rotatable bonds is 5. The fraction of sp³-hybridized carbons (Fsp3) is 0.0909. The van der Waals surface area contributed by atoms with Crippen LogP contribution in [-0.4, -0.2) is 32.2 Å². The maximum Gasteiger partial charge on any atom is 0.343 e. The van der Waals surface area contributed by atoms with Gasteiger partial charge in [-0.15, -0.1) is 16.4 Å². The van der Waals surface area contributed by atoms with E-state index in [-0.39, 0.29) is 18.0 Å². The predicted octanol–water partition coefficient (Wildman–Crippen LogP) is 4.51. The van der Waals surface area contributed by atoms with Gasteiger partial charge in [-0.2, -0.15) is 4.52 Å². The Morgan fingerprint density at radius 2 is 1.94 bits per heavy atom. The summed E-state index contributed by atoms with van der Waals surface area (Å²) in [5.41, 5.74) is 9.43. The smallest absolute Gasteiger partial charge is 0.343 e. The molecule has 3 aromatic heterocycles. The second kappa shape index (κ2) is 7.69. The molecule has 0 radical (unpaired) electrons. The van der Waals surface area contributed by atoms with Gasteiger partial charge in [0.2, 0.25) is 0 Å². The van der Waals surface area contributed by atoms with Crippen LogP contribution in [-0.2, 0) is 4.74 Å². The minimum absolute atomic E-state index is 0.159. The maximum atomic E-state index is 12.3. The molecule has 0 aliphatic rings. The largest absolute Gasteiger partial charge is 0.462 e. The normalized spacial score (nSPS) is 11.1. The SMILES string of the molecule is CCOC(=O)c1cnc2c(-c3nc4ccccc4s3)c(Nc3ccccc3)nn2c1N. The van der Waals surface area contributed by atoms with Crippen molar-refractivity contribution >= 4 is 50.5 Å². The predicted molar refractivity (Wildman–Crippen MR) is 122 cm³/mol. The number of aromatic nitrogens is 4. The van der Waals surface area contributed by atoms with Gasteiger partial charge in [0.1, 0.15) is 16.4 Å². The number of thiazole rings is 1. The quantitative estimate of drug-likeness (QED) is 0.395. The van der Waals surface area contributed by atoms with Crippen molar-refractivity contribution in [2.75, 3.05) is 17.7 Å². The van der Waals surface area contributed by atoms with Gasteiger partial charge in [-0.3, -0.25) is 0 Å². The number of para-hydroxylation sites is 2. The molecule has 8 nitrogen and oxygen atoms in total. The highest BCUT2D eigenvalue weighted by Gasteiger charge is 2.24. The second-order valence-corrected chi connectivity index (χ2v) is 7.75. The Hall–Kier alpha value is -3.98. The zero-order valence-electron chi connectivity index (χ0n) is 16.6. The molecule has 9 heteroatoms. The molecule has 2 aromatic carbocycles. The van der Waals surface area contributed by atoms with Gasteiger partial charge in [0.05, 0.1) is 22.4 Å².